The quantitative estimate of drug-likeness (QED) is 0.696. The van der Waals surface area contributed by atoms with Crippen molar-refractivity contribution in [3.63, 3.8) is 0 Å². The molecule has 0 aromatic heterocycles. The standard InChI is InChI=1S/C13H20BrNO2/c1-11(2,3)17-10(16)15-4-9(5-15)12-6-13(14,7-12)8-12/h9H,4-8H2,1-3H3. The molecule has 0 N–H and O–H groups in total. The van der Waals surface area contributed by atoms with Gasteiger partial charge < -0.3 is 9.64 Å². The van der Waals surface area contributed by atoms with E-state index >= 15 is 0 Å². The zero-order valence-electron chi connectivity index (χ0n) is 10.8. The average Bonchev–Trinajstić information content (AvgIpc) is 1.91. The number of likely N-dealkylation sites (tertiary alicyclic amines) is 1. The van der Waals surface area contributed by atoms with E-state index in [9.17, 15) is 4.79 Å². The highest BCUT2D eigenvalue weighted by atomic mass is 79.9. The van der Waals surface area contributed by atoms with Gasteiger partial charge in [-0.15, -0.1) is 0 Å². The second-order valence-electron chi connectivity index (χ2n) is 7.13. The molecule has 4 heteroatoms. The lowest BCUT2D eigenvalue weighted by molar-refractivity contribution is -0.160. The van der Waals surface area contributed by atoms with Gasteiger partial charge in [0.05, 0.1) is 0 Å². The van der Waals surface area contributed by atoms with Gasteiger partial charge in [-0.05, 0) is 45.4 Å². The second kappa shape index (κ2) is 3.19. The van der Waals surface area contributed by atoms with E-state index in [1.54, 1.807) is 0 Å². The Morgan fingerprint density at radius 1 is 1.29 bits per heavy atom. The van der Waals surface area contributed by atoms with Crippen molar-refractivity contribution in [2.24, 2.45) is 11.3 Å². The molecule has 3 nitrogen and oxygen atoms in total. The molecule has 1 aliphatic heterocycles. The number of amides is 1. The lowest BCUT2D eigenvalue weighted by atomic mass is 9.39. The minimum Gasteiger partial charge on any atom is -0.444 e. The summed E-state index contributed by atoms with van der Waals surface area (Å²) in [6.07, 6.45) is 3.79. The Balaban J connectivity index is 1.48. The van der Waals surface area contributed by atoms with E-state index in [0.717, 1.165) is 19.0 Å². The summed E-state index contributed by atoms with van der Waals surface area (Å²) in [6, 6.07) is 0. The Morgan fingerprint density at radius 2 is 1.82 bits per heavy atom. The lowest BCUT2D eigenvalue weighted by Gasteiger charge is -2.73. The van der Waals surface area contributed by atoms with Gasteiger partial charge in [0.15, 0.2) is 0 Å². The number of hydrogen-bond donors (Lipinski definition) is 0. The number of rotatable bonds is 1. The van der Waals surface area contributed by atoms with Crippen molar-refractivity contribution < 1.29 is 9.53 Å². The average molecular weight is 302 g/mol. The molecule has 4 fully saturated rings. The fraction of sp³-hybridized carbons (Fsp3) is 0.923. The van der Waals surface area contributed by atoms with E-state index in [1.165, 1.54) is 19.3 Å². The first-order valence-electron chi connectivity index (χ1n) is 6.38. The van der Waals surface area contributed by atoms with Crippen LogP contribution in [0.25, 0.3) is 0 Å². The lowest BCUT2D eigenvalue weighted by Crippen LogP contribution is -2.72. The molecule has 1 amide bonds. The predicted octanol–water partition coefficient (Wildman–Crippen LogP) is 3.17. The molecule has 1 saturated heterocycles. The number of alkyl halides is 1. The van der Waals surface area contributed by atoms with Crippen LogP contribution in [0.1, 0.15) is 40.0 Å². The molecule has 96 valence electrons. The molecule has 3 aliphatic carbocycles. The number of halogens is 1. The van der Waals surface area contributed by atoms with E-state index in [4.69, 9.17) is 4.74 Å². The highest BCUT2D eigenvalue weighted by Crippen LogP contribution is 2.75. The molecule has 0 spiro atoms. The smallest absolute Gasteiger partial charge is 0.410 e. The summed E-state index contributed by atoms with van der Waals surface area (Å²) in [4.78, 5) is 13.6. The minimum atomic E-state index is -0.377. The summed E-state index contributed by atoms with van der Waals surface area (Å²) in [6.45, 7) is 7.55. The van der Waals surface area contributed by atoms with Gasteiger partial charge in [-0.3, -0.25) is 0 Å². The van der Waals surface area contributed by atoms with Crippen LogP contribution in [0, 0.1) is 11.3 Å². The van der Waals surface area contributed by atoms with Crippen molar-refractivity contribution >= 4 is 22.0 Å². The third-order valence-electron chi connectivity index (χ3n) is 4.41. The van der Waals surface area contributed by atoms with Gasteiger partial charge in [0.25, 0.3) is 0 Å². The Bertz CT molecular complexity index is 348. The number of hydrogen-bond acceptors (Lipinski definition) is 2. The summed E-state index contributed by atoms with van der Waals surface area (Å²) < 4.78 is 5.85. The number of nitrogens with zero attached hydrogens (tertiary/aromatic N) is 1. The van der Waals surface area contributed by atoms with Crippen molar-refractivity contribution in [1.29, 1.82) is 0 Å². The highest BCUT2D eigenvalue weighted by molar-refractivity contribution is 9.10. The van der Waals surface area contributed by atoms with Gasteiger partial charge in [-0.25, -0.2) is 4.79 Å². The highest BCUT2D eigenvalue weighted by Gasteiger charge is 2.70. The van der Waals surface area contributed by atoms with Crippen molar-refractivity contribution in [2.75, 3.05) is 13.1 Å². The maximum Gasteiger partial charge on any atom is 0.410 e. The molecular weight excluding hydrogens is 282 g/mol. The van der Waals surface area contributed by atoms with Crippen LogP contribution in [0.5, 0.6) is 0 Å². The van der Waals surface area contributed by atoms with E-state index in [0.29, 0.717) is 9.74 Å². The monoisotopic (exact) mass is 301 g/mol. The van der Waals surface area contributed by atoms with E-state index in [2.05, 4.69) is 15.9 Å². The third-order valence-corrected chi connectivity index (χ3v) is 5.25. The molecule has 17 heavy (non-hydrogen) atoms. The van der Waals surface area contributed by atoms with Crippen LogP contribution in [0.3, 0.4) is 0 Å². The van der Waals surface area contributed by atoms with Crippen LogP contribution in [-0.4, -0.2) is 34.0 Å². The van der Waals surface area contributed by atoms with Gasteiger partial charge in [-0.1, -0.05) is 15.9 Å². The summed E-state index contributed by atoms with van der Waals surface area (Å²) >= 11 is 3.77. The molecule has 2 bridgehead atoms. The maximum absolute atomic E-state index is 11.8. The zero-order chi connectivity index (χ0) is 12.5. The summed E-state index contributed by atoms with van der Waals surface area (Å²) in [5, 5.41) is 0. The van der Waals surface area contributed by atoms with Crippen LogP contribution in [0.4, 0.5) is 4.79 Å². The van der Waals surface area contributed by atoms with Gasteiger partial charge >= 0.3 is 6.09 Å². The molecular formula is C13H20BrNO2. The van der Waals surface area contributed by atoms with Crippen LogP contribution in [0.2, 0.25) is 0 Å². The zero-order valence-corrected chi connectivity index (χ0v) is 12.3. The normalized spacial score (nSPS) is 40.1. The molecule has 4 aliphatic rings. The summed E-state index contributed by atoms with van der Waals surface area (Å²) in [5.74, 6) is 0.717. The largest absolute Gasteiger partial charge is 0.444 e. The molecule has 1 heterocycles. The summed E-state index contributed by atoms with van der Waals surface area (Å²) in [7, 11) is 0. The van der Waals surface area contributed by atoms with Gasteiger partial charge in [-0.2, -0.15) is 0 Å². The Hall–Kier alpha value is -0.250. The maximum atomic E-state index is 11.8. The topological polar surface area (TPSA) is 29.5 Å². The number of ether oxygens (including phenoxy) is 1. The van der Waals surface area contributed by atoms with Gasteiger partial charge in [0.2, 0.25) is 0 Å². The van der Waals surface area contributed by atoms with Crippen LogP contribution in [0.15, 0.2) is 0 Å². The predicted molar refractivity (Wildman–Crippen MR) is 69.2 cm³/mol. The van der Waals surface area contributed by atoms with Gasteiger partial charge in [0.1, 0.15) is 5.60 Å². The van der Waals surface area contributed by atoms with Crippen molar-refractivity contribution in [3.8, 4) is 0 Å². The SMILES string of the molecule is CC(C)(C)OC(=O)N1CC(C23CC(Br)(C2)C3)C1. The number of carbonyl (C=O) groups is 1. The fourth-order valence-electron chi connectivity index (χ4n) is 3.51. The minimum absolute atomic E-state index is 0.145. The first-order valence-corrected chi connectivity index (χ1v) is 7.18. The third kappa shape index (κ3) is 1.79. The van der Waals surface area contributed by atoms with Crippen molar-refractivity contribution in [1.82, 2.24) is 4.90 Å². The first kappa shape index (κ1) is 11.8. The van der Waals surface area contributed by atoms with Crippen LogP contribution < -0.4 is 0 Å². The van der Waals surface area contributed by atoms with E-state index < -0.39 is 0 Å². The number of carbonyl (C=O) groups excluding carboxylic acids is 1. The molecule has 0 aromatic carbocycles. The summed E-state index contributed by atoms with van der Waals surface area (Å²) in [5.41, 5.74) is 0.195. The van der Waals surface area contributed by atoms with Crippen LogP contribution >= 0.6 is 15.9 Å². The molecule has 3 saturated carbocycles. The first-order chi connectivity index (χ1) is 7.72. The molecule has 0 atom stereocenters. The fourth-order valence-corrected chi connectivity index (χ4v) is 5.19. The molecule has 0 aromatic rings. The molecule has 0 radical (unpaired) electrons. The second-order valence-corrected chi connectivity index (χ2v) is 8.81. The van der Waals surface area contributed by atoms with Gasteiger partial charge in [0, 0.05) is 23.3 Å². The Kier molecular flexibility index (Phi) is 2.22. The van der Waals surface area contributed by atoms with Crippen molar-refractivity contribution in [3.05, 3.63) is 0 Å². The Labute approximate surface area is 111 Å². The van der Waals surface area contributed by atoms with E-state index in [1.807, 2.05) is 25.7 Å². The van der Waals surface area contributed by atoms with Crippen molar-refractivity contribution in [2.45, 2.75) is 50.0 Å². The Morgan fingerprint density at radius 3 is 2.24 bits per heavy atom. The molecule has 0 unspecified atom stereocenters. The van der Waals surface area contributed by atoms with E-state index in [-0.39, 0.29) is 11.7 Å². The van der Waals surface area contributed by atoms with Crippen LogP contribution in [-0.2, 0) is 4.74 Å². The molecule has 4 rings (SSSR count).